The normalized spacial score (nSPS) is 12.4. The van der Waals surface area contributed by atoms with Gasteiger partial charge in [-0.25, -0.2) is 9.78 Å². The summed E-state index contributed by atoms with van der Waals surface area (Å²) in [6.45, 7) is 7.90. The van der Waals surface area contributed by atoms with Crippen LogP contribution in [0.4, 0.5) is 4.79 Å². The number of benzene rings is 1. The Hall–Kier alpha value is -2.08. The molecule has 0 fully saturated rings. The molecule has 1 heterocycles. The van der Waals surface area contributed by atoms with Gasteiger partial charge in [0.2, 0.25) is 5.91 Å². The first-order chi connectivity index (χ1) is 10.8. The second kappa shape index (κ2) is 7.00. The summed E-state index contributed by atoms with van der Waals surface area (Å²) in [7, 11) is 0. The number of rotatable bonds is 4. The van der Waals surface area contributed by atoms with Crippen LogP contribution in [0.5, 0.6) is 0 Å². The molecule has 0 spiro atoms. The summed E-state index contributed by atoms with van der Waals surface area (Å²) >= 11 is 1.35. The van der Waals surface area contributed by atoms with Gasteiger partial charge in [-0.05, 0) is 37.0 Å². The van der Waals surface area contributed by atoms with Gasteiger partial charge in [-0.2, -0.15) is 0 Å². The molecule has 0 bridgehead atoms. The molecule has 2 aromatic rings. The lowest BCUT2D eigenvalue weighted by Gasteiger charge is -2.19. The number of nitrogens with zero attached hydrogens (tertiary/aromatic N) is 1. The predicted molar refractivity (Wildman–Crippen MR) is 93.4 cm³/mol. The number of carbonyl (C=O) groups is 2. The van der Waals surface area contributed by atoms with E-state index >= 15 is 0 Å². The van der Waals surface area contributed by atoms with Crippen LogP contribution in [0.2, 0.25) is 0 Å². The highest BCUT2D eigenvalue weighted by Crippen LogP contribution is 2.31. The lowest BCUT2D eigenvalue weighted by molar-refractivity contribution is -0.120. The van der Waals surface area contributed by atoms with Crippen molar-refractivity contribution in [2.24, 2.45) is 11.7 Å². The summed E-state index contributed by atoms with van der Waals surface area (Å²) in [5.74, 6) is -0.351. The highest BCUT2D eigenvalue weighted by Gasteiger charge is 2.25. The van der Waals surface area contributed by atoms with Crippen molar-refractivity contribution in [2.45, 2.75) is 38.0 Å². The maximum atomic E-state index is 12.2. The molecule has 0 radical (unpaired) electrons. The summed E-state index contributed by atoms with van der Waals surface area (Å²) in [6, 6.07) is 7.21. The fourth-order valence-electron chi connectivity index (χ4n) is 2.41. The van der Waals surface area contributed by atoms with Gasteiger partial charge in [-0.15, -0.1) is 0 Å². The highest BCUT2D eigenvalue weighted by atomic mass is 32.2. The predicted octanol–water partition coefficient (Wildman–Crippen LogP) is 3.16. The number of amides is 3. The average Bonchev–Trinajstić information content (AvgIpc) is 2.44. The molecule has 2 rings (SSSR count). The molecular formula is C17H21N3O2S. The molecule has 122 valence electrons. The number of aryl methyl sites for hydroxylation is 2. The van der Waals surface area contributed by atoms with Gasteiger partial charge in [0.15, 0.2) is 0 Å². The molecule has 23 heavy (non-hydrogen) atoms. The van der Waals surface area contributed by atoms with Gasteiger partial charge >= 0.3 is 6.03 Å². The van der Waals surface area contributed by atoms with Crippen LogP contribution >= 0.6 is 11.8 Å². The van der Waals surface area contributed by atoms with Crippen LogP contribution < -0.4 is 11.1 Å². The number of imide groups is 1. The van der Waals surface area contributed by atoms with Crippen LogP contribution in [0.15, 0.2) is 29.3 Å². The van der Waals surface area contributed by atoms with Crippen molar-refractivity contribution in [3.05, 3.63) is 35.4 Å². The summed E-state index contributed by atoms with van der Waals surface area (Å²) < 4.78 is 0. The van der Waals surface area contributed by atoms with E-state index in [0.29, 0.717) is 0 Å². The number of hydrogen-bond donors (Lipinski definition) is 2. The third-order valence-corrected chi connectivity index (χ3v) is 5.05. The smallest absolute Gasteiger partial charge is 0.318 e. The minimum Gasteiger partial charge on any atom is -0.351 e. The summed E-state index contributed by atoms with van der Waals surface area (Å²) in [5.41, 5.74) is 8.19. The van der Waals surface area contributed by atoms with Crippen molar-refractivity contribution in [3.8, 4) is 0 Å². The number of carbonyl (C=O) groups excluding carboxylic acids is 2. The second-order valence-electron chi connectivity index (χ2n) is 5.88. The second-order valence-corrected chi connectivity index (χ2v) is 7.05. The maximum absolute atomic E-state index is 12.2. The Kier molecular flexibility index (Phi) is 5.26. The molecule has 3 N–H and O–H groups in total. The maximum Gasteiger partial charge on any atom is 0.318 e. The molecule has 1 atom stereocenters. The fourth-order valence-corrected chi connectivity index (χ4v) is 3.49. The molecule has 0 unspecified atom stereocenters. The Labute approximate surface area is 140 Å². The number of thioether (sulfide) groups is 1. The first kappa shape index (κ1) is 17.3. The van der Waals surface area contributed by atoms with Gasteiger partial charge in [-0.3, -0.25) is 10.1 Å². The lowest BCUT2D eigenvalue weighted by Crippen LogP contribution is -2.42. The first-order valence-corrected chi connectivity index (χ1v) is 8.31. The summed E-state index contributed by atoms with van der Waals surface area (Å²) in [5, 5.41) is 3.60. The molecule has 5 nitrogen and oxygen atoms in total. The van der Waals surface area contributed by atoms with Crippen LogP contribution in [0.25, 0.3) is 10.9 Å². The Morgan fingerprint density at radius 3 is 2.52 bits per heavy atom. The van der Waals surface area contributed by atoms with Crippen LogP contribution in [-0.4, -0.2) is 22.2 Å². The zero-order valence-corrected chi connectivity index (χ0v) is 14.5. The Morgan fingerprint density at radius 1 is 1.22 bits per heavy atom. The SMILES string of the molecule is Cc1cc(S[C@H](C(=O)NC(N)=O)C(C)C)nc2c(C)cccc12. The van der Waals surface area contributed by atoms with E-state index in [0.717, 1.165) is 27.1 Å². The molecule has 0 saturated heterocycles. The Morgan fingerprint density at radius 2 is 1.91 bits per heavy atom. The number of para-hydroxylation sites is 1. The largest absolute Gasteiger partial charge is 0.351 e. The van der Waals surface area contributed by atoms with Crippen molar-refractivity contribution < 1.29 is 9.59 Å². The van der Waals surface area contributed by atoms with E-state index in [-0.39, 0.29) is 11.8 Å². The minimum atomic E-state index is -0.834. The van der Waals surface area contributed by atoms with E-state index < -0.39 is 11.3 Å². The molecule has 1 aromatic heterocycles. The number of fused-ring (bicyclic) bond motifs is 1. The summed E-state index contributed by atoms with van der Waals surface area (Å²) in [4.78, 5) is 27.8. The highest BCUT2D eigenvalue weighted by molar-refractivity contribution is 8.00. The number of hydrogen-bond acceptors (Lipinski definition) is 4. The Balaban J connectivity index is 2.37. The van der Waals surface area contributed by atoms with E-state index in [1.807, 2.05) is 52.0 Å². The van der Waals surface area contributed by atoms with Gasteiger partial charge in [0.1, 0.15) is 0 Å². The Bertz CT molecular complexity index is 759. The molecular weight excluding hydrogens is 310 g/mol. The molecule has 0 aliphatic carbocycles. The van der Waals surface area contributed by atoms with Crippen LogP contribution in [0.1, 0.15) is 25.0 Å². The van der Waals surface area contributed by atoms with Gasteiger partial charge in [0, 0.05) is 5.39 Å². The zero-order chi connectivity index (χ0) is 17.1. The van der Waals surface area contributed by atoms with Crippen molar-refractivity contribution in [3.63, 3.8) is 0 Å². The topological polar surface area (TPSA) is 85.1 Å². The van der Waals surface area contributed by atoms with E-state index in [9.17, 15) is 9.59 Å². The molecule has 0 aliphatic heterocycles. The molecule has 1 aromatic carbocycles. The number of pyridine rings is 1. The van der Waals surface area contributed by atoms with E-state index in [4.69, 9.17) is 5.73 Å². The molecule has 0 aliphatic rings. The molecule has 6 heteroatoms. The average molecular weight is 331 g/mol. The summed E-state index contributed by atoms with van der Waals surface area (Å²) in [6.07, 6.45) is 0. The van der Waals surface area contributed by atoms with Crippen LogP contribution in [-0.2, 0) is 4.79 Å². The third-order valence-electron chi connectivity index (χ3n) is 3.58. The monoisotopic (exact) mass is 331 g/mol. The van der Waals surface area contributed by atoms with Crippen molar-refractivity contribution in [1.82, 2.24) is 10.3 Å². The quantitative estimate of drug-likeness (QED) is 0.843. The standard InChI is InChI=1S/C17H21N3O2S/c1-9(2)15(16(21)20-17(18)22)23-13-8-11(4)12-7-5-6-10(3)14(12)19-13/h5-9,15H,1-4H3,(H3,18,20,21,22)/t15-/m0/s1. The molecule has 0 saturated carbocycles. The molecule has 3 amide bonds. The van der Waals surface area contributed by atoms with Gasteiger partial charge in [-0.1, -0.05) is 43.8 Å². The fraction of sp³-hybridized carbons (Fsp3) is 0.353. The third kappa shape index (κ3) is 4.01. The van der Waals surface area contributed by atoms with Crippen LogP contribution in [0, 0.1) is 19.8 Å². The van der Waals surface area contributed by atoms with Gasteiger partial charge in [0.25, 0.3) is 0 Å². The number of urea groups is 1. The van der Waals surface area contributed by atoms with E-state index in [1.165, 1.54) is 11.8 Å². The van der Waals surface area contributed by atoms with Crippen molar-refractivity contribution in [1.29, 1.82) is 0 Å². The number of aromatic nitrogens is 1. The first-order valence-electron chi connectivity index (χ1n) is 7.43. The number of nitrogens with one attached hydrogen (secondary N) is 1. The number of nitrogens with two attached hydrogens (primary N) is 1. The lowest BCUT2D eigenvalue weighted by atomic mass is 10.1. The zero-order valence-electron chi connectivity index (χ0n) is 13.7. The van der Waals surface area contributed by atoms with Crippen LogP contribution in [0.3, 0.4) is 0 Å². The van der Waals surface area contributed by atoms with Crippen molar-refractivity contribution in [2.75, 3.05) is 0 Å². The minimum absolute atomic E-state index is 0.0361. The number of primary amides is 1. The van der Waals surface area contributed by atoms with Gasteiger partial charge in [0.05, 0.1) is 15.8 Å². The van der Waals surface area contributed by atoms with E-state index in [2.05, 4.69) is 10.3 Å². The van der Waals surface area contributed by atoms with Crippen molar-refractivity contribution >= 4 is 34.6 Å². The van der Waals surface area contributed by atoms with Gasteiger partial charge < -0.3 is 5.73 Å². The van der Waals surface area contributed by atoms with E-state index in [1.54, 1.807) is 0 Å².